The zero-order chi connectivity index (χ0) is 44.3. The van der Waals surface area contributed by atoms with Crippen LogP contribution in [0.15, 0.2) is 114 Å². The minimum atomic E-state index is -2.58. The highest BCUT2D eigenvalue weighted by molar-refractivity contribution is 8.46. The molecular formula is C45H51ClF2N8O5S2. The molecule has 63 heavy (non-hydrogen) atoms. The molecule has 3 unspecified atom stereocenters. The molecule has 3 aliphatic rings. The summed E-state index contributed by atoms with van der Waals surface area (Å²) in [6.45, 7) is 7.21. The highest BCUT2D eigenvalue weighted by Crippen LogP contribution is 2.73. The van der Waals surface area contributed by atoms with Crippen LogP contribution in [0.1, 0.15) is 25.8 Å². The van der Waals surface area contributed by atoms with Gasteiger partial charge in [-0.15, -0.1) is 0 Å². The number of rotatable bonds is 15. The van der Waals surface area contributed by atoms with E-state index in [1.54, 1.807) is 41.0 Å². The molecule has 3 fully saturated rings. The smallest absolute Gasteiger partial charge is 0.275 e. The lowest BCUT2D eigenvalue weighted by Crippen LogP contribution is -2.46. The van der Waals surface area contributed by atoms with Crippen molar-refractivity contribution < 1.29 is 32.6 Å². The van der Waals surface area contributed by atoms with Gasteiger partial charge in [0.25, 0.3) is 5.24 Å². The van der Waals surface area contributed by atoms with Crippen LogP contribution < -0.4 is 14.5 Å². The monoisotopic (exact) mass is 920 g/mol. The van der Waals surface area contributed by atoms with Gasteiger partial charge in [0.05, 0.1) is 13.2 Å². The van der Waals surface area contributed by atoms with Gasteiger partial charge < -0.3 is 33.8 Å². The Labute approximate surface area is 377 Å². The molecule has 8 rings (SSSR count). The second kappa shape index (κ2) is 19.0. The largest absolute Gasteiger partial charge is 0.488 e. The van der Waals surface area contributed by atoms with Gasteiger partial charge in [0.15, 0.2) is 6.29 Å². The van der Waals surface area contributed by atoms with E-state index in [1.165, 1.54) is 29.5 Å². The van der Waals surface area contributed by atoms with Crippen molar-refractivity contribution in [3.05, 3.63) is 121 Å². The number of aromatic nitrogens is 4. The Morgan fingerprint density at radius 3 is 2.30 bits per heavy atom. The molecule has 334 valence electrons. The first-order chi connectivity index (χ1) is 30.4. The maximum atomic E-state index is 15.0. The summed E-state index contributed by atoms with van der Waals surface area (Å²) < 4.78 is 48.6. The number of carbonyl (C=O) groups is 2. The van der Waals surface area contributed by atoms with Crippen molar-refractivity contribution in [1.82, 2.24) is 29.5 Å². The van der Waals surface area contributed by atoms with Gasteiger partial charge in [-0.2, -0.15) is 16.9 Å². The van der Waals surface area contributed by atoms with E-state index in [4.69, 9.17) is 25.8 Å². The molecule has 2 amide bonds. The number of hydrogen-bond acceptors (Lipinski definition) is 11. The predicted octanol–water partition coefficient (Wildman–Crippen LogP) is 7.79. The van der Waals surface area contributed by atoms with Gasteiger partial charge in [-0.25, -0.2) is 18.4 Å². The zero-order valence-electron chi connectivity index (χ0n) is 35.6. The fourth-order valence-electron chi connectivity index (χ4n) is 8.64. The zero-order valence-corrected chi connectivity index (χ0v) is 37.9. The summed E-state index contributed by atoms with van der Waals surface area (Å²) in [7, 11) is -0.797. The van der Waals surface area contributed by atoms with Crippen LogP contribution in [0, 0.1) is 11.6 Å². The number of carbonyl (C=O) groups excluding carboxylic acids is 2. The summed E-state index contributed by atoms with van der Waals surface area (Å²) in [5.41, 5.74) is 0.275. The SMILES string of the molecule is CSCCC(=O)N(C)C1C(Cl)N(C(C)C)C(=O)S1(c1ccc(N2CCN(c3ccc(OC[C@H]4OC[C@](Cn5cncn5)(c5ccc(F)cc5F)O4)cc3)CC2)cc1)c1cccnc1. The minimum absolute atomic E-state index is 0.00964. The molecule has 3 aromatic carbocycles. The first-order valence-corrected chi connectivity index (χ1v) is 24.3. The van der Waals surface area contributed by atoms with Gasteiger partial charge in [-0.05, 0) is 86.8 Å². The van der Waals surface area contributed by atoms with Crippen molar-refractivity contribution >= 4 is 55.9 Å². The normalized spacial score (nSPS) is 24.8. The molecule has 5 aromatic rings. The maximum Gasteiger partial charge on any atom is 0.275 e. The number of pyridine rings is 1. The Bertz CT molecular complexity index is 2350. The molecule has 0 radical (unpaired) electrons. The van der Waals surface area contributed by atoms with Gasteiger partial charge in [0, 0.05) is 96.6 Å². The van der Waals surface area contributed by atoms with Crippen LogP contribution in [-0.4, -0.2) is 122 Å². The van der Waals surface area contributed by atoms with E-state index >= 15 is 4.39 Å². The van der Waals surface area contributed by atoms with E-state index in [0.29, 0.717) is 17.9 Å². The third-order valence-electron chi connectivity index (χ3n) is 11.8. The van der Waals surface area contributed by atoms with E-state index in [2.05, 4.69) is 37.0 Å². The van der Waals surface area contributed by atoms with Gasteiger partial charge in [-0.1, -0.05) is 27.7 Å². The number of likely N-dealkylation sites (N-methyl/N-ethyl adjacent to an activating group) is 1. The molecule has 18 heteroatoms. The Morgan fingerprint density at radius 2 is 1.70 bits per heavy atom. The second-order valence-corrected chi connectivity index (χ2v) is 20.5. The van der Waals surface area contributed by atoms with E-state index in [1.807, 2.05) is 68.6 Å². The average molecular weight is 922 g/mol. The molecule has 5 atom stereocenters. The Morgan fingerprint density at radius 1 is 1.00 bits per heavy atom. The highest BCUT2D eigenvalue weighted by atomic mass is 35.5. The van der Waals surface area contributed by atoms with E-state index < -0.39 is 44.4 Å². The van der Waals surface area contributed by atoms with Crippen LogP contribution in [0.3, 0.4) is 0 Å². The maximum absolute atomic E-state index is 15.0. The number of amides is 2. The first kappa shape index (κ1) is 44.7. The first-order valence-electron chi connectivity index (χ1n) is 20.8. The average Bonchev–Trinajstić information content (AvgIpc) is 4.02. The summed E-state index contributed by atoms with van der Waals surface area (Å²) in [4.78, 5) is 46.7. The number of ether oxygens (including phenoxy) is 3. The molecule has 3 aliphatic heterocycles. The molecule has 0 N–H and O–H groups in total. The topological polar surface area (TPSA) is 118 Å². The quantitative estimate of drug-likeness (QED) is 0.0757. The van der Waals surface area contributed by atoms with Crippen LogP contribution in [0.2, 0.25) is 0 Å². The summed E-state index contributed by atoms with van der Waals surface area (Å²) in [6, 6.07) is 23.1. The van der Waals surface area contributed by atoms with Crippen molar-refractivity contribution in [3.63, 3.8) is 0 Å². The summed E-state index contributed by atoms with van der Waals surface area (Å²) in [5, 5.41) is 3.48. The van der Waals surface area contributed by atoms with E-state index in [9.17, 15) is 14.0 Å². The predicted molar refractivity (Wildman–Crippen MR) is 242 cm³/mol. The number of nitrogens with zero attached hydrogens (tertiary/aromatic N) is 8. The van der Waals surface area contributed by atoms with Crippen molar-refractivity contribution in [2.45, 2.75) is 65.4 Å². The van der Waals surface area contributed by atoms with E-state index in [-0.39, 0.29) is 42.5 Å². The van der Waals surface area contributed by atoms with Crippen LogP contribution in [0.25, 0.3) is 0 Å². The lowest BCUT2D eigenvalue weighted by atomic mass is 9.94. The summed E-state index contributed by atoms with van der Waals surface area (Å²) in [6.07, 6.45) is 7.84. The number of piperazine rings is 1. The van der Waals surface area contributed by atoms with Crippen LogP contribution in [-0.2, 0) is 26.4 Å². The molecule has 2 aromatic heterocycles. The lowest BCUT2D eigenvalue weighted by Gasteiger charge is -2.43. The number of anilines is 2. The third-order valence-corrected chi connectivity index (χ3v) is 17.1. The highest BCUT2D eigenvalue weighted by Gasteiger charge is 2.60. The number of benzene rings is 3. The van der Waals surface area contributed by atoms with Crippen LogP contribution >= 0.6 is 33.4 Å². The number of alkyl halides is 1. The Kier molecular flexibility index (Phi) is 13.5. The van der Waals surface area contributed by atoms with E-state index in [0.717, 1.165) is 53.4 Å². The van der Waals surface area contributed by atoms with Gasteiger partial charge in [0.1, 0.15) is 53.1 Å². The lowest BCUT2D eigenvalue weighted by molar-refractivity contribution is -0.130. The molecule has 0 aliphatic carbocycles. The molecular weight excluding hydrogens is 870 g/mol. The van der Waals surface area contributed by atoms with Crippen molar-refractivity contribution in [1.29, 1.82) is 0 Å². The molecule has 13 nitrogen and oxygen atoms in total. The fraction of sp³-hybridized carbons (Fsp3) is 0.400. The number of hydrogen-bond donors (Lipinski definition) is 0. The number of thioether (sulfide) groups is 1. The number of halogens is 3. The van der Waals surface area contributed by atoms with Crippen LogP contribution in [0.5, 0.6) is 5.75 Å². The standard InChI is InChI=1S/C45H51ClF2N8O5S2/c1-31(2)56-42(46)43(52(3)40(57)17-23-62-4)63(44(56)58,37-6-5-18-49-25-37)36-14-10-34(11-15-36)54-21-19-53(20-22-54)33-8-12-35(13-9-33)59-26-41-60-28-45(61-41,27-55-30-50-29-51-55)38-16-7-32(47)24-39(38)48/h5-16,18,24-25,29-31,41-43H,17,19-23,26-28H2,1-4H3/t41-,42?,43?,45+/m0/s1. The van der Waals surface area contributed by atoms with Gasteiger partial charge in [-0.3, -0.25) is 14.6 Å². The molecule has 0 bridgehead atoms. The minimum Gasteiger partial charge on any atom is -0.488 e. The van der Waals surface area contributed by atoms with Crippen molar-refractivity contribution in [2.75, 3.05) is 68.2 Å². The van der Waals surface area contributed by atoms with Gasteiger partial charge in [0.2, 0.25) is 5.91 Å². The molecule has 0 saturated carbocycles. The summed E-state index contributed by atoms with van der Waals surface area (Å²) >= 11 is 8.88. The second-order valence-electron chi connectivity index (χ2n) is 16.0. The molecule has 5 heterocycles. The van der Waals surface area contributed by atoms with Crippen molar-refractivity contribution in [2.24, 2.45) is 0 Å². The van der Waals surface area contributed by atoms with Crippen molar-refractivity contribution in [3.8, 4) is 5.75 Å². The van der Waals surface area contributed by atoms with Gasteiger partial charge >= 0.3 is 0 Å². The molecule has 0 spiro atoms. The Hall–Kier alpha value is -4.94. The third kappa shape index (κ3) is 8.82. The fourth-order valence-corrected chi connectivity index (χ4v) is 14.3. The molecule has 3 saturated heterocycles. The Balaban J connectivity index is 0.924. The summed E-state index contributed by atoms with van der Waals surface area (Å²) in [5.74, 6) is -0.173. The van der Waals surface area contributed by atoms with Crippen LogP contribution in [0.4, 0.5) is 25.0 Å².